The van der Waals surface area contributed by atoms with E-state index in [1.807, 2.05) is 17.9 Å². The molecule has 0 aromatic carbocycles. The van der Waals surface area contributed by atoms with Gasteiger partial charge in [-0.3, -0.25) is 9.48 Å². The molecule has 0 fully saturated rings. The lowest BCUT2D eigenvalue weighted by atomic mass is 10.1. The molecule has 0 atom stereocenters. The quantitative estimate of drug-likeness (QED) is 0.708. The van der Waals surface area contributed by atoms with Crippen LogP contribution >= 0.6 is 0 Å². The van der Waals surface area contributed by atoms with Gasteiger partial charge in [0.15, 0.2) is 0 Å². The average Bonchev–Trinajstić information content (AvgIpc) is 2.59. The first kappa shape index (κ1) is 13.7. The molecule has 0 unspecified atom stereocenters. The van der Waals surface area contributed by atoms with Gasteiger partial charge in [0.05, 0.1) is 5.69 Å². The predicted octanol–water partition coefficient (Wildman–Crippen LogP) is 1.50. The maximum Gasteiger partial charge on any atom is 0.303 e. The normalized spacial score (nSPS) is 11.1. The van der Waals surface area contributed by atoms with Crippen molar-refractivity contribution in [3.63, 3.8) is 0 Å². The Morgan fingerprint density at radius 2 is 2.29 bits per heavy atom. The molecular weight excluding hydrogens is 218 g/mol. The van der Waals surface area contributed by atoms with Gasteiger partial charge in [0.2, 0.25) is 0 Å². The summed E-state index contributed by atoms with van der Waals surface area (Å²) in [6.45, 7) is 5.71. The van der Waals surface area contributed by atoms with Crippen LogP contribution in [0.4, 0.5) is 0 Å². The van der Waals surface area contributed by atoms with E-state index >= 15 is 0 Å². The van der Waals surface area contributed by atoms with Crippen LogP contribution in [0.15, 0.2) is 6.20 Å². The molecule has 5 nitrogen and oxygen atoms in total. The molecular formula is C12H21N3O2. The predicted molar refractivity (Wildman–Crippen MR) is 65.9 cm³/mol. The first-order valence-corrected chi connectivity index (χ1v) is 5.95. The highest BCUT2D eigenvalue weighted by atomic mass is 16.4. The Balaban J connectivity index is 2.38. The highest BCUT2D eigenvalue weighted by molar-refractivity contribution is 5.66. The van der Waals surface area contributed by atoms with Gasteiger partial charge in [0.25, 0.3) is 0 Å². The number of aryl methyl sites for hydroxylation is 1. The van der Waals surface area contributed by atoms with Gasteiger partial charge in [-0.05, 0) is 18.9 Å². The fraction of sp³-hybridized carbons (Fsp3) is 0.667. The van der Waals surface area contributed by atoms with E-state index in [9.17, 15) is 4.79 Å². The van der Waals surface area contributed by atoms with E-state index in [1.54, 1.807) is 0 Å². The smallest absolute Gasteiger partial charge is 0.303 e. The highest BCUT2D eigenvalue weighted by Gasteiger charge is 2.10. The van der Waals surface area contributed by atoms with E-state index in [2.05, 4.69) is 24.3 Å². The SMILES string of the molecule is CC(C)c1nn(C)cc1CNCCCC(=O)O. The van der Waals surface area contributed by atoms with Gasteiger partial charge in [-0.15, -0.1) is 0 Å². The minimum absolute atomic E-state index is 0.219. The van der Waals surface area contributed by atoms with Crippen LogP contribution in [0, 0.1) is 0 Å². The molecule has 0 radical (unpaired) electrons. The first-order valence-electron chi connectivity index (χ1n) is 5.95. The van der Waals surface area contributed by atoms with Crippen molar-refractivity contribution >= 4 is 5.97 Å². The van der Waals surface area contributed by atoms with E-state index in [4.69, 9.17) is 5.11 Å². The van der Waals surface area contributed by atoms with Crippen LogP contribution < -0.4 is 5.32 Å². The third-order valence-corrected chi connectivity index (χ3v) is 2.54. The molecule has 0 saturated heterocycles. The molecule has 2 N–H and O–H groups in total. The molecule has 1 aromatic rings. The van der Waals surface area contributed by atoms with Crippen molar-refractivity contribution in [2.24, 2.45) is 7.05 Å². The van der Waals surface area contributed by atoms with Gasteiger partial charge < -0.3 is 10.4 Å². The van der Waals surface area contributed by atoms with Crippen LogP contribution in [0.25, 0.3) is 0 Å². The van der Waals surface area contributed by atoms with Crippen LogP contribution in [0.2, 0.25) is 0 Å². The van der Waals surface area contributed by atoms with E-state index in [-0.39, 0.29) is 6.42 Å². The van der Waals surface area contributed by atoms with Crippen molar-refractivity contribution in [1.29, 1.82) is 0 Å². The summed E-state index contributed by atoms with van der Waals surface area (Å²) in [7, 11) is 1.92. The molecule has 5 heteroatoms. The number of nitrogens with one attached hydrogen (secondary N) is 1. The average molecular weight is 239 g/mol. The Bertz CT molecular complexity index is 372. The molecule has 1 aromatic heterocycles. The van der Waals surface area contributed by atoms with Gasteiger partial charge in [-0.1, -0.05) is 13.8 Å². The van der Waals surface area contributed by atoms with Gasteiger partial charge in [0.1, 0.15) is 0 Å². The molecule has 0 bridgehead atoms. The number of carbonyl (C=O) groups is 1. The summed E-state index contributed by atoms with van der Waals surface area (Å²) in [6, 6.07) is 0. The van der Waals surface area contributed by atoms with Crippen molar-refractivity contribution in [2.45, 2.75) is 39.2 Å². The number of rotatable bonds is 7. The van der Waals surface area contributed by atoms with Crippen LogP contribution in [0.1, 0.15) is 43.9 Å². The molecule has 96 valence electrons. The molecule has 0 aliphatic rings. The topological polar surface area (TPSA) is 67.2 Å². The molecule has 0 amide bonds. The number of hydrogen-bond acceptors (Lipinski definition) is 3. The van der Waals surface area contributed by atoms with E-state index < -0.39 is 5.97 Å². The fourth-order valence-corrected chi connectivity index (χ4v) is 1.76. The lowest BCUT2D eigenvalue weighted by molar-refractivity contribution is -0.137. The third kappa shape index (κ3) is 4.56. The number of aromatic nitrogens is 2. The Morgan fingerprint density at radius 1 is 1.59 bits per heavy atom. The Kier molecular flexibility index (Phi) is 5.15. The second-order valence-electron chi connectivity index (χ2n) is 4.54. The van der Waals surface area contributed by atoms with Crippen molar-refractivity contribution in [3.05, 3.63) is 17.5 Å². The Hall–Kier alpha value is -1.36. The monoisotopic (exact) mass is 239 g/mol. The molecule has 17 heavy (non-hydrogen) atoms. The zero-order chi connectivity index (χ0) is 12.8. The Morgan fingerprint density at radius 3 is 2.88 bits per heavy atom. The van der Waals surface area contributed by atoms with Gasteiger partial charge in [0, 0.05) is 31.8 Å². The zero-order valence-electron chi connectivity index (χ0n) is 10.7. The number of nitrogens with zero attached hydrogens (tertiary/aromatic N) is 2. The van der Waals surface area contributed by atoms with Crippen LogP contribution in [-0.2, 0) is 18.4 Å². The van der Waals surface area contributed by atoms with E-state index in [0.717, 1.165) is 18.8 Å². The molecule has 0 aliphatic heterocycles. The van der Waals surface area contributed by atoms with Crippen LogP contribution in [0.5, 0.6) is 0 Å². The summed E-state index contributed by atoms with van der Waals surface area (Å²) in [6.07, 6.45) is 2.89. The van der Waals surface area contributed by atoms with Gasteiger partial charge in [-0.2, -0.15) is 5.10 Å². The van der Waals surface area contributed by atoms with Gasteiger partial charge in [-0.25, -0.2) is 0 Å². The van der Waals surface area contributed by atoms with Crippen molar-refractivity contribution < 1.29 is 9.90 Å². The number of carboxylic acid groups (broad SMARTS) is 1. The first-order chi connectivity index (χ1) is 8.00. The van der Waals surface area contributed by atoms with Gasteiger partial charge >= 0.3 is 5.97 Å². The third-order valence-electron chi connectivity index (χ3n) is 2.54. The summed E-state index contributed by atoms with van der Waals surface area (Å²) < 4.78 is 1.82. The summed E-state index contributed by atoms with van der Waals surface area (Å²) in [5, 5.41) is 16.2. The standard InChI is InChI=1S/C12H21N3O2/c1-9(2)12-10(8-15(3)14-12)7-13-6-4-5-11(16)17/h8-9,13H,4-7H2,1-3H3,(H,16,17). The lowest BCUT2D eigenvalue weighted by Gasteiger charge is -2.06. The van der Waals surface area contributed by atoms with Crippen molar-refractivity contribution in [2.75, 3.05) is 6.54 Å². The summed E-state index contributed by atoms with van der Waals surface area (Å²) in [5.74, 6) is -0.330. The second-order valence-corrected chi connectivity index (χ2v) is 4.54. The molecule has 0 aliphatic carbocycles. The lowest BCUT2D eigenvalue weighted by Crippen LogP contribution is -2.16. The summed E-state index contributed by atoms with van der Waals surface area (Å²) in [4.78, 5) is 10.3. The largest absolute Gasteiger partial charge is 0.481 e. The minimum atomic E-state index is -0.740. The maximum atomic E-state index is 10.3. The Labute approximate surface area is 102 Å². The summed E-state index contributed by atoms with van der Waals surface area (Å²) >= 11 is 0. The highest BCUT2D eigenvalue weighted by Crippen LogP contribution is 2.16. The molecule has 0 saturated carbocycles. The van der Waals surface area contributed by atoms with E-state index in [1.165, 1.54) is 5.56 Å². The van der Waals surface area contributed by atoms with Crippen molar-refractivity contribution in [1.82, 2.24) is 15.1 Å². The number of carboxylic acids is 1. The van der Waals surface area contributed by atoms with Crippen LogP contribution in [0.3, 0.4) is 0 Å². The second kappa shape index (κ2) is 6.39. The zero-order valence-corrected chi connectivity index (χ0v) is 10.7. The summed E-state index contributed by atoms with van der Waals surface area (Å²) in [5.41, 5.74) is 2.30. The van der Waals surface area contributed by atoms with Crippen molar-refractivity contribution in [3.8, 4) is 0 Å². The number of aliphatic carboxylic acids is 1. The fourth-order valence-electron chi connectivity index (χ4n) is 1.76. The molecule has 1 rings (SSSR count). The van der Waals surface area contributed by atoms with E-state index in [0.29, 0.717) is 12.3 Å². The van der Waals surface area contributed by atoms with Crippen LogP contribution in [-0.4, -0.2) is 27.4 Å². The molecule has 0 spiro atoms. The maximum absolute atomic E-state index is 10.3. The minimum Gasteiger partial charge on any atom is -0.481 e. The molecule has 1 heterocycles. The number of hydrogen-bond donors (Lipinski definition) is 2.